The Balaban J connectivity index is 1.55. The van der Waals surface area contributed by atoms with Crippen molar-refractivity contribution in [2.45, 2.75) is 26.2 Å². The SMILES string of the molecule is Cc1ccc(Cl)cc1NC(=O)Cc1csc(CCc2ccncc2)n1. The van der Waals surface area contributed by atoms with Gasteiger partial charge in [0, 0.05) is 34.9 Å². The maximum absolute atomic E-state index is 12.2. The molecule has 0 bridgehead atoms. The van der Waals surface area contributed by atoms with Crippen LogP contribution in [-0.4, -0.2) is 15.9 Å². The minimum absolute atomic E-state index is 0.0867. The molecule has 1 N–H and O–H groups in total. The van der Waals surface area contributed by atoms with Crippen LogP contribution < -0.4 is 5.32 Å². The number of nitrogens with zero attached hydrogens (tertiary/aromatic N) is 2. The summed E-state index contributed by atoms with van der Waals surface area (Å²) in [6.07, 6.45) is 5.64. The van der Waals surface area contributed by atoms with Gasteiger partial charge in [-0.05, 0) is 48.7 Å². The number of halogens is 1. The minimum Gasteiger partial charge on any atom is -0.325 e. The van der Waals surface area contributed by atoms with Crippen LogP contribution in [0, 0.1) is 6.92 Å². The molecule has 25 heavy (non-hydrogen) atoms. The standard InChI is InChI=1S/C19H18ClN3OS/c1-13-2-4-15(20)10-17(13)23-18(24)11-16-12-25-19(22-16)5-3-14-6-8-21-9-7-14/h2,4,6-10,12H,3,5,11H2,1H3,(H,23,24). The summed E-state index contributed by atoms with van der Waals surface area (Å²) in [6.45, 7) is 1.94. The molecule has 0 radical (unpaired) electrons. The average Bonchev–Trinajstić information content (AvgIpc) is 3.04. The monoisotopic (exact) mass is 371 g/mol. The van der Waals surface area contributed by atoms with E-state index in [1.165, 1.54) is 5.56 Å². The smallest absolute Gasteiger partial charge is 0.230 e. The topological polar surface area (TPSA) is 54.9 Å². The van der Waals surface area contributed by atoms with E-state index in [-0.39, 0.29) is 12.3 Å². The van der Waals surface area contributed by atoms with Gasteiger partial charge in [-0.15, -0.1) is 11.3 Å². The van der Waals surface area contributed by atoms with Crippen LogP contribution in [0.15, 0.2) is 48.1 Å². The second-order valence-corrected chi connectivity index (χ2v) is 7.15. The van der Waals surface area contributed by atoms with Gasteiger partial charge in [0.15, 0.2) is 0 Å². The summed E-state index contributed by atoms with van der Waals surface area (Å²) < 4.78 is 0. The number of anilines is 1. The third-order valence-corrected chi connectivity index (χ3v) is 4.98. The fourth-order valence-corrected chi connectivity index (χ4v) is 3.40. The molecule has 0 aliphatic carbocycles. The van der Waals surface area contributed by atoms with Crippen molar-refractivity contribution in [3.63, 3.8) is 0 Å². The number of carbonyl (C=O) groups is 1. The van der Waals surface area contributed by atoms with E-state index in [0.29, 0.717) is 5.02 Å². The fourth-order valence-electron chi connectivity index (χ4n) is 2.43. The van der Waals surface area contributed by atoms with Gasteiger partial charge >= 0.3 is 0 Å². The maximum Gasteiger partial charge on any atom is 0.230 e. The highest BCUT2D eigenvalue weighted by atomic mass is 35.5. The van der Waals surface area contributed by atoms with Crippen LogP contribution in [0.2, 0.25) is 5.02 Å². The van der Waals surface area contributed by atoms with E-state index in [1.54, 1.807) is 29.8 Å². The van der Waals surface area contributed by atoms with Gasteiger partial charge in [-0.3, -0.25) is 9.78 Å². The van der Waals surface area contributed by atoms with Gasteiger partial charge in [-0.25, -0.2) is 4.98 Å². The second-order valence-electron chi connectivity index (χ2n) is 5.77. The molecule has 4 nitrogen and oxygen atoms in total. The molecule has 0 saturated heterocycles. The number of aryl methyl sites for hydroxylation is 3. The third-order valence-electron chi connectivity index (χ3n) is 3.79. The van der Waals surface area contributed by atoms with Gasteiger partial charge < -0.3 is 5.32 Å². The van der Waals surface area contributed by atoms with Crippen LogP contribution in [0.3, 0.4) is 0 Å². The van der Waals surface area contributed by atoms with Crippen LogP contribution >= 0.6 is 22.9 Å². The molecule has 3 aromatic rings. The Labute approximate surface area is 155 Å². The number of hydrogen-bond donors (Lipinski definition) is 1. The Morgan fingerprint density at radius 2 is 2.00 bits per heavy atom. The van der Waals surface area contributed by atoms with E-state index < -0.39 is 0 Å². The molecule has 2 heterocycles. The van der Waals surface area contributed by atoms with Crippen molar-refractivity contribution < 1.29 is 4.79 Å². The number of amides is 1. The van der Waals surface area contributed by atoms with Gasteiger partial charge in [-0.2, -0.15) is 0 Å². The molecule has 0 saturated carbocycles. The molecule has 128 valence electrons. The Kier molecular flexibility index (Phi) is 5.79. The highest BCUT2D eigenvalue weighted by Crippen LogP contribution is 2.20. The molecule has 6 heteroatoms. The van der Waals surface area contributed by atoms with E-state index in [2.05, 4.69) is 15.3 Å². The number of pyridine rings is 1. The summed E-state index contributed by atoms with van der Waals surface area (Å²) in [5.74, 6) is -0.0867. The van der Waals surface area contributed by atoms with E-state index in [4.69, 9.17) is 11.6 Å². The first kappa shape index (κ1) is 17.6. The predicted octanol–water partition coefficient (Wildman–Crippen LogP) is 4.47. The van der Waals surface area contributed by atoms with Crippen molar-refractivity contribution in [3.05, 3.63) is 75.0 Å². The van der Waals surface area contributed by atoms with Crippen LogP contribution in [0.5, 0.6) is 0 Å². The van der Waals surface area contributed by atoms with E-state index in [9.17, 15) is 4.79 Å². The van der Waals surface area contributed by atoms with E-state index in [1.807, 2.05) is 36.6 Å². The summed E-state index contributed by atoms with van der Waals surface area (Å²) in [5, 5.41) is 6.50. The molecule has 3 rings (SSSR count). The molecule has 2 aromatic heterocycles. The van der Waals surface area contributed by atoms with Crippen LogP contribution in [0.25, 0.3) is 0 Å². The molecular weight excluding hydrogens is 354 g/mol. The molecular formula is C19H18ClN3OS. The van der Waals surface area contributed by atoms with Crippen molar-refractivity contribution >= 4 is 34.5 Å². The van der Waals surface area contributed by atoms with Crippen molar-refractivity contribution in [1.82, 2.24) is 9.97 Å². The van der Waals surface area contributed by atoms with Crippen molar-refractivity contribution in [3.8, 4) is 0 Å². The lowest BCUT2D eigenvalue weighted by molar-refractivity contribution is -0.115. The van der Waals surface area contributed by atoms with Gasteiger partial charge in [0.1, 0.15) is 0 Å². The van der Waals surface area contributed by atoms with Crippen molar-refractivity contribution in [1.29, 1.82) is 0 Å². The summed E-state index contributed by atoms with van der Waals surface area (Å²) in [5.41, 5.74) is 3.76. The Hall–Kier alpha value is -2.24. The zero-order chi connectivity index (χ0) is 17.6. The van der Waals surface area contributed by atoms with Gasteiger partial charge in [-0.1, -0.05) is 17.7 Å². The molecule has 1 amide bonds. The van der Waals surface area contributed by atoms with Gasteiger partial charge in [0.05, 0.1) is 17.1 Å². The summed E-state index contributed by atoms with van der Waals surface area (Å²) in [4.78, 5) is 20.8. The van der Waals surface area contributed by atoms with Crippen LogP contribution in [0.4, 0.5) is 5.69 Å². The summed E-state index contributed by atoms with van der Waals surface area (Å²) in [7, 11) is 0. The molecule has 0 fully saturated rings. The Morgan fingerprint density at radius 3 is 2.80 bits per heavy atom. The Bertz CT molecular complexity index is 864. The first-order valence-corrected chi connectivity index (χ1v) is 9.24. The maximum atomic E-state index is 12.2. The lowest BCUT2D eigenvalue weighted by Gasteiger charge is -2.08. The Morgan fingerprint density at radius 1 is 1.20 bits per heavy atom. The van der Waals surface area contributed by atoms with Crippen molar-refractivity contribution in [2.75, 3.05) is 5.32 Å². The zero-order valence-electron chi connectivity index (χ0n) is 13.8. The fraction of sp³-hybridized carbons (Fsp3) is 0.211. The van der Waals surface area contributed by atoms with Gasteiger partial charge in [0.25, 0.3) is 0 Å². The molecule has 0 spiro atoms. The third kappa shape index (κ3) is 5.11. The molecule has 1 aromatic carbocycles. The predicted molar refractivity (Wildman–Crippen MR) is 102 cm³/mol. The van der Waals surface area contributed by atoms with Crippen LogP contribution in [-0.2, 0) is 24.1 Å². The number of benzene rings is 1. The first-order valence-electron chi connectivity index (χ1n) is 7.98. The number of nitrogens with one attached hydrogen (secondary N) is 1. The largest absolute Gasteiger partial charge is 0.325 e. The highest BCUT2D eigenvalue weighted by molar-refractivity contribution is 7.09. The summed E-state index contributed by atoms with van der Waals surface area (Å²) >= 11 is 7.58. The van der Waals surface area contributed by atoms with Crippen LogP contribution in [0.1, 0.15) is 21.8 Å². The van der Waals surface area contributed by atoms with E-state index >= 15 is 0 Å². The molecule has 0 aliphatic rings. The lowest BCUT2D eigenvalue weighted by Crippen LogP contribution is -2.15. The highest BCUT2D eigenvalue weighted by Gasteiger charge is 2.10. The molecule has 0 unspecified atom stereocenters. The number of carbonyl (C=O) groups excluding carboxylic acids is 1. The normalized spacial score (nSPS) is 10.6. The number of hydrogen-bond acceptors (Lipinski definition) is 4. The summed E-state index contributed by atoms with van der Waals surface area (Å²) in [6, 6.07) is 9.47. The average molecular weight is 372 g/mol. The second kappa shape index (κ2) is 8.23. The number of aromatic nitrogens is 2. The quantitative estimate of drug-likeness (QED) is 0.695. The molecule has 0 aliphatic heterocycles. The number of thiazole rings is 1. The lowest BCUT2D eigenvalue weighted by atomic mass is 10.1. The first-order chi connectivity index (χ1) is 12.1. The van der Waals surface area contributed by atoms with Gasteiger partial charge in [0.2, 0.25) is 5.91 Å². The number of rotatable bonds is 6. The van der Waals surface area contributed by atoms with Crippen molar-refractivity contribution in [2.24, 2.45) is 0 Å². The van der Waals surface area contributed by atoms with E-state index in [0.717, 1.165) is 34.8 Å². The minimum atomic E-state index is -0.0867. The molecule has 0 atom stereocenters. The zero-order valence-corrected chi connectivity index (χ0v) is 15.4.